The lowest BCUT2D eigenvalue weighted by atomic mass is 9.91. The zero-order valence-electron chi connectivity index (χ0n) is 13.0. The Morgan fingerprint density at radius 2 is 2.04 bits per heavy atom. The van der Waals surface area contributed by atoms with Gasteiger partial charge in [0.1, 0.15) is 5.76 Å². The van der Waals surface area contributed by atoms with Crippen LogP contribution in [0.15, 0.2) is 41.3 Å². The van der Waals surface area contributed by atoms with E-state index >= 15 is 0 Å². The van der Waals surface area contributed by atoms with Crippen molar-refractivity contribution in [1.82, 2.24) is 15.6 Å². The summed E-state index contributed by atoms with van der Waals surface area (Å²) in [5.41, 5.74) is 2.11. The van der Waals surface area contributed by atoms with E-state index in [1.807, 2.05) is 12.1 Å². The molecule has 0 unspecified atom stereocenters. The van der Waals surface area contributed by atoms with E-state index in [1.165, 1.54) is 24.8 Å². The molecule has 1 aliphatic rings. The summed E-state index contributed by atoms with van der Waals surface area (Å²) in [5.74, 6) is 1.39. The molecule has 2 aromatic rings. The zero-order valence-corrected chi connectivity index (χ0v) is 13.0. The molecule has 1 aromatic heterocycles. The Labute approximate surface area is 135 Å². The number of carbonyl (C=O) groups is 1. The summed E-state index contributed by atoms with van der Waals surface area (Å²) >= 11 is 0. The van der Waals surface area contributed by atoms with Gasteiger partial charge in [-0.05, 0) is 56.0 Å². The highest BCUT2D eigenvalue weighted by molar-refractivity contribution is 5.89. The lowest BCUT2D eigenvalue weighted by Gasteiger charge is -2.22. The minimum atomic E-state index is -0.257. The molecule has 2 amide bonds. The highest BCUT2D eigenvalue weighted by atomic mass is 16.3. The number of benzene rings is 1. The van der Waals surface area contributed by atoms with Crippen molar-refractivity contribution in [2.45, 2.75) is 25.8 Å². The third-order valence-electron chi connectivity index (χ3n) is 4.10. The van der Waals surface area contributed by atoms with E-state index in [1.54, 1.807) is 6.20 Å². The molecule has 6 nitrogen and oxygen atoms in total. The summed E-state index contributed by atoms with van der Waals surface area (Å²) < 4.78 is 5.06. The maximum Gasteiger partial charge on any atom is 0.319 e. The predicted molar refractivity (Wildman–Crippen MR) is 88.1 cm³/mol. The summed E-state index contributed by atoms with van der Waals surface area (Å²) in [6, 6.07) is 7.82. The van der Waals surface area contributed by atoms with Crippen molar-refractivity contribution in [3.63, 3.8) is 0 Å². The number of nitrogens with zero attached hydrogens (tertiary/aromatic N) is 1. The Morgan fingerprint density at radius 3 is 2.74 bits per heavy atom. The number of carbonyl (C=O) groups excluding carboxylic acids is 1. The Kier molecular flexibility index (Phi) is 5.26. The monoisotopic (exact) mass is 314 g/mol. The molecule has 3 N–H and O–H groups in total. The molecule has 1 aromatic carbocycles. The second kappa shape index (κ2) is 7.78. The normalized spacial score (nSPS) is 15.3. The van der Waals surface area contributed by atoms with E-state index in [0.717, 1.165) is 31.1 Å². The highest BCUT2D eigenvalue weighted by Crippen LogP contribution is 2.19. The molecule has 2 heterocycles. The van der Waals surface area contributed by atoms with Gasteiger partial charge in [0.05, 0.1) is 12.7 Å². The topological polar surface area (TPSA) is 79.2 Å². The average molecular weight is 314 g/mol. The van der Waals surface area contributed by atoms with Crippen LogP contribution >= 0.6 is 0 Å². The molecule has 0 atom stereocenters. The Balaban J connectivity index is 1.45. The quantitative estimate of drug-likeness (QED) is 0.792. The molecule has 1 aliphatic heterocycles. The van der Waals surface area contributed by atoms with Crippen LogP contribution in [0.5, 0.6) is 0 Å². The lowest BCUT2D eigenvalue weighted by molar-refractivity contribution is 0.251. The Morgan fingerprint density at radius 1 is 1.26 bits per heavy atom. The standard InChI is InChI=1S/C17H22N4O2/c22-17(20-11-16-10-19-12-23-16)21-15-3-1-13(2-4-15)9-14-5-7-18-8-6-14/h1-4,10,12,14,18H,5-9,11H2,(H2,20,21,22). The molecule has 0 bridgehead atoms. The minimum absolute atomic E-state index is 0.257. The van der Waals surface area contributed by atoms with E-state index in [0.29, 0.717) is 12.3 Å². The molecule has 6 heteroatoms. The number of hydrogen-bond donors (Lipinski definition) is 3. The highest BCUT2D eigenvalue weighted by Gasteiger charge is 2.13. The third kappa shape index (κ3) is 4.82. The van der Waals surface area contributed by atoms with Crippen LogP contribution in [0.2, 0.25) is 0 Å². The molecule has 3 rings (SSSR count). The Bertz CT molecular complexity index is 604. The van der Waals surface area contributed by atoms with Gasteiger partial charge in [0.15, 0.2) is 6.39 Å². The van der Waals surface area contributed by atoms with Gasteiger partial charge in [0.25, 0.3) is 0 Å². The molecule has 0 spiro atoms. The summed E-state index contributed by atoms with van der Waals surface area (Å²) in [6.45, 7) is 2.56. The van der Waals surface area contributed by atoms with Gasteiger partial charge >= 0.3 is 6.03 Å². The van der Waals surface area contributed by atoms with Crippen LogP contribution in [0.1, 0.15) is 24.2 Å². The summed E-state index contributed by atoms with van der Waals surface area (Å²) in [4.78, 5) is 15.6. The van der Waals surface area contributed by atoms with Gasteiger partial charge in [-0.3, -0.25) is 0 Å². The van der Waals surface area contributed by atoms with Crippen molar-refractivity contribution in [3.8, 4) is 0 Å². The van der Waals surface area contributed by atoms with E-state index in [2.05, 4.69) is 33.1 Å². The van der Waals surface area contributed by atoms with Crippen LogP contribution in [0, 0.1) is 5.92 Å². The van der Waals surface area contributed by atoms with E-state index in [4.69, 9.17) is 4.42 Å². The Hall–Kier alpha value is -2.34. The number of nitrogens with one attached hydrogen (secondary N) is 3. The first-order valence-electron chi connectivity index (χ1n) is 8.01. The van der Waals surface area contributed by atoms with Gasteiger partial charge < -0.3 is 20.4 Å². The van der Waals surface area contributed by atoms with Gasteiger partial charge in [-0.15, -0.1) is 0 Å². The zero-order chi connectivity index (χ0) is 15.9. The molecular formula is C17H22N4O2. The third-order valence-corrected chi connectivity index (χ3v) is 4.10. The fourth-order valence-corrected chi connectivity index (χ4v) is 2.82. The van der Waals surface area contributed by atoms with Crippen molar-refractivity contribution in [2.75, 3.05) is 18.4 Å². The SMILES string of the molecule is O=C(NCc1cnco1)Nc1ccc(CC2CCNCC2)cc1. The van der Waals surface area contributed by atoms with Crippen LogP contribution in [-0.2, 0) is 13.0 Å². The van der Waals surface area contributed by atoms with E-state index in [9.17, 15) is 4.79 Å². The van der Waals surface area contributed by atoms with Crippen molar-refractivity contribution < 1.29 is 9.21 Å². The smallest absolute Gasteiger partial charge is 0.319 e. The maximum atomic E-state index is 11.8. The summed E-state index contributed by atoms with van der Waals surface area (Å²) in [6.07, 6.45) is 6.51. The van der Waals surface area contributed by atoms with Crippen LogP contribution in [0.25, 0.3) is 0 Å². The van der Waals surface area contributed by atoms with Crippen LogP contribution in [0.3, 0.4) is 0 Å². The molecule has 0 aliphatic carbocycles. The van der Waals surface area contributed by atoms with Gasteiger partial charge in [-0.2, -0.15) is 0 Å². The lowest BCUT2D eigenvalue weighted by Crippen LogP contribution is -2.28. The summed E-state index contributed by atoms with van der Waals surface area (Å²) in [5, 5.41) is 8.92. The van der Waals surface area contributed by atoms with Gasteiger partial charge in [0.2, 0.25) is 0 Å². The maximum absolute atomic E-state index is 11.8. The molecule has 1 fully saturated rings. The molecular weight excluding hydrogens is 292 g/mol. The number of oxazole rings is 1. The number of hydrogen-bond acceptors (Lipinski definition) is 4. The number of piperidine rings is 1. The van der Waals surface area contributed by atoms with Crippen LogP contribution < -0.4 is 16.0 Å². The van der Waals surface area contributed by atoms with Crippen molar-refractivity contribution in [1.29, 1.82) is 0 Å². The van der Waals surface area contributed by atoms with Crippen molar-refractivity contribution in [2.24, 2.45) is 5.92 Å². The molecule has 0 saturated carbocycles. The number of urea groups is 1. The van der Waals surface area contributed by atoms with Crippen molar-refractivity contribution in [3.05, 3.63) is 48.2 Å². The van der Waals surface area contributed by atoms with Gasteiger partial charge in [0, 0.05) is 5.69 Å². The van der Waals surface area contributed by atoms with E-state index in [-0.39, 0.29) is 6.03 Å². The minimum Gasteiger partial charge on any atom is -0.447 e. The molecule has 122 valence electrons. The fourth-order valence-electron chi connectivity index (χ4n) is 2.82. The number of aromatic nitrogens is 1. The van der Waals surface area contributed by atoms with Crippen LogP contribution in [-0.4, -0.2) is 24.1 Å². The van der Waals surface area contributed by atoms with Gasteiger partial charge in [-0.25, -0.2) is 9.78 Å². The first kappa shape index (κ1) is 15.6. The number of anilines is 1. The average Bonchev–Trinajstić information content (AvgIpc) is 3.09. The number of rotatable bonds is 5. The second-order valence-corrected chi connectivity index (χ2v) is 5.87. The molecule has 1 saturated heterocycles. The largest absolute Gasteiger partial charge is 0.447 e. The van der Waals surface area contributed by atoms with Crippen molar-refractivity contribution >= 4 is 11.7 Å². The number of amides is 2. The molecule has 23 heavy (non-hydrogen) atoms. The second-order valence-electron chi connectivity index (χ2n) is 5.87. The van der Waals surface area contributed by atoms with Gasteiger partial charge in [-0.1, -0.05) is 12.1 Å². The predicted octanol–water partition coefficient (Wildman–Crippen LogP) is 2.54. The van der Waals surface area contributed by atoms with E-state index < -0.39 is 0 Å². The first-order chi connectivity index (χ1) is 11.3. The fraction of sp³-hybridized carbons (Fsp3) is 0.412. The molecule has 0 radical (unpaired) electrons. The summed E-state index contributed by atoms with van der Waals surface area (Å²) in [7, 11) is 0. The van der Waals surface area contributed by atoms with Crippen LogP contribution in [0.4, 0.5) is 10.5 Å². The first-order valence-corrected chi connectivity index (χ1v) is 8.01.